The molecule has 0 atom stereocenters. The van der Waals surface area contributed by atoms with Crippen molar-refractivity contribution < 1.29 is 62.0 Å². The summed E-state index contributed by atoms with van der Waals surface area (Å²) < 4.78 is 0. The second-order valence-corrected chi connectivity index (χ2v) is 0. The molecule has 0 saturated carbocycles. The van der Waals surface area contributed by atoms with E-state index in [-0.39, 0.29) is 85.9 Å². The van der Waals surface area contributed by atoms with Crippen molar-refractivity contribution in [3.63, 3.8) is 0 Å². The molecule has 4 heavy (non-hydrogen) atoms. The van der Waals surface area contributed by atoms with Crippen LogP contribution in [0.5, 0.6) is 0 Å². The zero-order valence-corrected chi connectivity index (χ0v) is 13.2. The third-order valence-corrected chi connectivity index (χ3v) is 0. The summed E-state index contributed by atoms with van der Waals surface area (Å²) in [7, 11) is 0. The predicted molar refractivity (Wildman–Crippen MR) is 8.54 cm³/mol. The summed E-state index contributed by atoms with van der Waals surface area (Å²) in [6.45, 7) is 0. The average molecular weight is 595 g/mol. The van der Waals surface area contributed by atoms with Crippen LogP contribution in [0.15, 0.2) is 0 Å². The molecule has 0 aromatic rings. The molecular weight excluding hydrogens is 593 g/mol. The fraction of sp³-hybridized carbons (Fsp3) is 0. The SMILES string of the molecule is [Ir].[Ru].[SnH2].[Ta]. The summed E-state index contributed by atoms with van der Waals surface area (Å²) >= 11 is 0. The zero-order valence-electron chi connectivity index (χ0n) is 1.84. The smallest absolute Gasteiger partial charge is 0 e. The number of rotatable bonds is 0. The molecule has 4 radical (unpaired) electrons. The molecule has 0 aliphatic carbocycles. The monoisotopic (exact) mass is 598 g/mol. The summed E-state index contributed by atoms with van der Waals surface area (Å²) in [4.78, 5) is 0. The molecule has 0 saturated heterocycles. The van der Waals surface area contributed by atoms with Crippen molar-refractivity contribution in [2.75, 3.05) is 0 Å². The normalized spacial score (nSPS) is 0. The van der Waals surface area contributed by atoms with Gasteiger partial charge in [-0.3, -0.25) is 0 Å². The van der Waals surface area contributed by atoms with Gasteiger partial charge in [-0.25, -0.2) is 0 Å². The minimum Gasteiger partial charge on any atom is 0 e. The minimum atomic E-state index is 0. The van der Waals surface area contributed by atoms with Crippen LogP contribution in [-0.2, 0) is 62.0 Å². The molecule has 28 valence electrons. The van der Waals surface area contributed by atoms with E-state index in [0.717, 1.165) is 0 Å². The Labute approximate surface area is 84.4 Å². The van der Waals surface area contributed by atoms with Crippen LogP contribution < -0.4 is 0 Å². The van der Waals surface area contributed by atoms with Crippen molar-refractivity contribution in [1.29, 1.82) is 0 Å². The number of hydrogen-bond donors (Lipinski definition) is 0. The van der Waals surface area contributed by atoms with E-state index < -0.39 is 0 Å². The van der Waals surface area contributed by atoms with Crippen LogP contribution in [0.3, 0.4) is 0 Å². The third kappa shape index (κ3) is 8.84. The maximum atomic E-state index is 0. The quantitative estimate of drug-likeness (QED) is 0.319. The molecule has 0 heterocycles. The molecule has 4 heteroatoms. The van der Waals surface area contributed by atoms with E-state index >= 15 is 0 Å². The van der Waals surface area contributed by atoms with E-state index in [9.17, 15) is 0 Å². The molecule has 0 unspecified atom stereocenters. The van der Waals surface area contributed by atoms with Gasteiger partial charge >= 0.3 is 23.9 Å². The Balaban J connectivity index is 0. The van der Waals surface area contributed by atoms with Gasteiger partial charge in [0.15, 0.2) is 0 Å². The first-order chi connectivity index (χ1) is 0. The van der Waals surface area contributed by atoms with Gasteiger partial charge in [-0.15, -0.1) is 0 Å². The van der Waals surface area contributed by atoms with Crippen LogP contribution in [0.1, 0.15) is 0 Å². The summed E-state index contributed by atoms with van der Waals surface area (Å²) in [5.74, 6) is 0. The van der Waals surface area contributed by atoms with Crippen LogP contribution in [0, 0.1) is 0 Å². The van der Waals surface area contributed by atoms with E-state index in [2.05, 4.69) is 0 Å². The van der Waals surface area contributed by atoms with Gasteiger partial charge in [0.05, 0.1) is 0 Å². The second kappa shape index (κ2) is 17.0. The van der Waals surface area contributed by atoms with Gasteiger partial charge in [-0.2, -0.15) is 0 Å². The van der Waals surface area contributed by atoms with Crippen LogP contribution in [0.2, 0.25) is 0 Å². The maximum absolute atomic E-state index is 0. The molecule has 0 bridgehead atoms. The topological polar surface area (TPSA) is 0 Å². The average Bonchev–Trinajstić information content (AvgIpc) is 0. The predicted octanol–water partition coefficient (Wildman–Crippen LogP) is -0.924. The number of hydrogen-bond acceptors (Lipinski definition) is 0. The molecule has 0 spiro atoms. The molecule has 0 aromatic carbocycles. The van der Waals surface area contributed by atoms with Gasteiger partial charge < -0.3 is 0 Å². The molecule has 0 fully saturated rings. The third-order valence-electron chi connectivity index (χ3n) is 0. The van der Waals surface area contributed by atoms with Crippen molar-refractivity contribution in [3.8, 4) is 0 Å². The summed E-state index contributed by atoms with van der Waals surface area (Å²) in [5.41, 5.74) is 0. The van der Waals surface area contributed by atoms with E-state index in [1.54, 1.807) is 0 Å². The molecule has 0 aliphatic rings. The Morgan fingerprint density at radius 1 is 1.00 bits per heavy atom. The Kier molecular flexibility index (Phi) is 124. The molecule has 0 amide bonds. The van der Waals surface area contributed by atoms with E-state index in [1.807, 2.05) is 0 Å². The van der Waals surface area contributed by atoms with E-state index in [1.165, 1.54) is 0 Å². The molecule has 0 nitrogen and oxygen atoms in total. The first kappa shape index (κ1) is 29.1. The maximum Gasteiger partial charge on any atom is 0 e. The Bertz CT molecular complexity index is 8.00. The molecule has 0 N–H and O–H groups in total. The molecular formula is H2IrRuSnTa. The summed E-state index contributed by atoms with van der Waals surface area (Å²) in [6.07, 6.45) is 0. The van der Waals surface area contributed by atoms with E-state index in [4.69, 9.17) is 0 Å². The van der Waals surface area contributed by atoms with Crippen LogP contribution in [-0.4, -0.2) is 23.9 Å². The van der Waals surface area contributed by atoms with Crippen LogP contribution in [0.25, 0.3) is 0 Å². The van der Waals surface area contributed by atoms with Crippen LogP contribution in [0.4, 0.5) is 0 Å². The van der Waals surface area contributed by atoms with Crippen molar-refractivity contribution in [2.24, 2.45) is 0 Å². The fourth-order valence-corrected chi connectivity index (χ4v) is 0. The van der Waals surface area contributed by atoms with Crippen molar-refractivity contribution in [2.45, 2.75) is 0 Å². The van der Waals surface area contributed by atoms with E-state index in [0.29, 0.717) is 0 Å². The second-order valence-electron chi connectivity index (χ2n) is 0. The standard InChI is InChI=1S/Ir.Ru.Sn.Ta.2H. The summed E-state index contributed by atoms with van der Waals surface area (Å²) in [5, 5.41) is 0. The fourth-order valence-electron chi connectivity index (χ4n) is 0. The largest absolute Gasteiger partial charge is 0 e. The van der Waals surface area contributed by atoms with Gasteiger partial charge in [-0.05, 0) is 0 Å². The Morgan fingerprint density at radius 2 is 1.00 bits per heavy atom. The molecule has 0 rings (SSSR count). The Morgan fingerprint density at radius 3 is 1.00 bits per heavy atom. The molecule has 0 aliphatic heterocycles. The van der Waals surface area contributed by atoms with Crippen molar-refractivity contribution in [3.05, 3.63) is 0 Å². The minimum absolute atomic E-state index is 0. The first-order valence-electron chi connectivity index (χ1n) is 0. The summed E-state index contributed by atoms with van der Waals surface area (Å²) in [6, 6.07) is 0. The van der Waals surface area contributed by atoms with Gasteiger partial charge in [0.25, 0.3) is 0 Å². The van der Waals surface area contributed by atoms with Gasteiger partial charge in [-0.1, -0.05) is 0 Å². The first-order valence-corrected chi connectivity index (χ1v) is 0. The van der Waals surface area contributed by atoms with Crippen molar-refractivity contribution >= 4 is 23.9 Å². The Hall–Kier alpha value is 2.81. The van der Waals surface area contributed by atoms with Gasteiger partial charge in [0.1, 0.15) is 0 Å². The van der Waals surface area contributed by atoms with Gasteiger partial charge in [0.2, 0.25) is 0 Å². The molecule has 0 aromatic heterocycles. The van der Waals surface area contributed by atoms with Crippen molar-refractivity contribution in [1.82, 2.24) is 0 Å². The van der Waals surface area contributed by atoms with Crippen LogP contribution >= 0.6 is 0 Å². The zero-order chi connectivity index (χ0) is 0. The van der Waals surface area contributed by atoms with Gasteiger partial charge in [0, 0.05) is 62.0 Å².